The third-order valence-electron chi connectivity index (χ3n) is 5.57. The summed E-state index contributed by atoms with van der Waals surface area (Å²) in [6.07, 6.45) is 6.80. The highest BCUT2D eigenvalue weighted by Crippen LogP contribution is 2.35. The Morgan fingerprint density at radius 3 is 2.50 bits per heavy atom. The highest BCUT2D eigenvalue weighted by Gasteiger charge is 2.30. The molecule has 1 N–H and O–H groups in total. The first-order valence-corrected chi connectivity index (χ1v) is 10.4. The molecule has 2 fully saturated rings. The van der Waals surface area contributed by atoms with Gasteiger partial charge in [-0.25, -0.2) is 9.78 Å². The van der Waals surface area contributed by atoms with Gasteiger partial charge >= 0.3 is 6.03 Å². The van der Waals surface area contributed by atoms with E-state index in [0.29, 0.717) is 5.92 Å². The van der Waals surface area contributed by atoms with E-state index in [0.717, 1.165) is 31.3 Å². The van der Waals surface area contributed by atoms with Gasteiger partial charge in [-0.15, -0.1) is 11.3 Å². The van der Waals surface area contributed by atoms with Gasteiger partial charge in [0.25, 0.3) is 0 Å². The van der Waals surface area contributed by atoms with Gasteiger partial charge in [-0.3, -0.25) is 0 Å². The fourth-order valence-corrected chi connectivity index (χ4v) is 4.82. The maximum absolute atomic E-state index is 12.9. The van der Waals surface area contributed by atoms with E-state index >= 15 is 0 Å². The van der Waals surface area contributed by atoms with E-state index in [9.17, 15) is 4.79 Å². The van der Waals surface area contributed by atoms with Gasteiger partial charge in [-0.05, 0) is 24.3 Å². The van der Waals surface area contributed by atoms with Gasteiger partial charge in [0.2, 0.25) is 0 Å². The predicted molar refractivity (Wildman–Crippen MR) is 106 cm³/mol. The molecule has 0 radical (unpaired) electrons. The van der Waals surface area contributed by atoms with E-state index in [1.54, 1.807) is 11.3 Å². The predicted octanol–water partition coefficient (Wildman–Crippen LogP) is 3.91. The van der Waals surface area contributed by atoms with Crippen molar-refractivity contribution in [1.29, 1.82) is 0 Å². The van der Waals surface area contributed by atoms with Crippen molar-refractivity contribution in [2.75, 3.05) is 31.1 Å². The fraction of sp³-hybridized carbons (Fsp3) is 0.500. The molecule has 2 aromatic rings. The standard InChI is InChI=1S/C20H26N4OS/c25-19(23-11-13-24(14-12-23)20-21-10-15-26-20)22-18(17-8-4-5-9-17)16-6-2-1-3-7-16/h1-3,6-7,10,15,17-18H,4-5,8-9,11-14H2,(H,22,25). The van der Waals surface area contributed by atoms with E-state index in [2.05, 4.69) is 39.5 Å². The van der Waals surface area contributed by atoms with Crippen molar-refractivity contribution in [2.24, 2.45) is 5.92 Å². The number of hydrogen-bond acceptors (Lipinski definition) is 4. The molecular weight excluding hydrogens is 344 g/mol. The number of urea groups is 1. The minimum atomic E-state index is 0.0736. The molecule has 1 unspecified atom stereocenters. The van der Waals surface area contributed by atoms with Crippen molar-refractivity contribution < 1.29 is 4.79 Å². The first-order chi connectivity index (χ1) is 12.8. The molecule has 6 heteroatoms. The minimum Gasteiger partial charge on any atom is -0.345 e. The molecule has 5 nitrogen and oxygen atoms in total. The van der Waals surface area contributed by atoms with Crippen LogP contribution in [0.25, 0.3) is 0 Å². The fourth-order valence-electron chi connectivity index (χ4n) is 4.12. The molecule has 2 aliphatic rings. The van der Waals surface area contributed by atoms with E-state index in [4.69, 9.17) is 0 Å². The topological polar surface area (TPSA) is 48.5 Å². The number of carbonyl (C=O) groups is 1. The summed E-state index contributed by atoms with van der Waals surface area (Å²) >= 11 is 1.66. The Morgan fingerprint density at radius 1 is 1.12 bits per heavy atom. The summed E-state index contributed by atoms with van der Waals surface area (Å²) in [4.78, 5) is 21.5. The number of hydrogen-bond donors (Lipinski definition) is 1. The van der Waals surface area contributed by atoms with Gasteiger partial charge in [-0.1, -0.05) is 43.2 Å². The van der Waals surface area contributed by atoms with Crippen LogP contribution in [0.2, 0.25) is 0 Å². The van der Waals surface area contributed by atoms with Gasteiger partial charge in [0.15, 0.2) is 5.13 Å². The van der Waals surface area contributed by atoms with Crippen molar-refractivity contribution in [3.05, 3.63) is 47.5 Å². The van der Waals surface area contributed by atoms with Crippen molar-refractivity contribution >= 4 is 22.5 Å². The maximum atomic E-state index is 12.9. The van der Waals surface area contributed by atoms with E-state index < -0.39 is 0 Å². The summed E-state index contributed by atoms with van der Waals surface area (Å²) in [5.41, 5.74) is 1.23. The van der Waals surface area contributed by atoms with Crippen molar-refractivity contribution in [2.45, 2.75) is 31.7 Å². The van der Waals surface area contributed by atoms with Crippen molar-refractivity contribution in [3.8, 4) is 0 Å². The van der Waals surface area contributed by atoms with Crippen LogP contribution < -0.4 is 10.2 Å². The van der Waals surface area contributed by atoms with Gasteiger partial charge in [0.1, 0.15) is 0 Å². The number of nitrogens with one attached hydrogen (secondary N) is 1. The third-order valence-corrected chi connectivity index (χ3v) is 6.40. The molecule has 1 aromatic carbocycles. The number of amides is 2. The molecule has 4 rings (SSSR count). The summed E-state index contributed by atoms with van der Waals surface area (Å²) in [6, 6.07) is 10.7. The summed E-state index contributed by atoms with van der Waals surface area (Å²) in [5, 5.41) is 6.40. The smallest absolute Gasteiger partial charge is 0.318 e. The number of anilines is 1. The normalized spacial score (nSPS) is 19.5. The summed E-state index contributed by atoms with van der Waals surface area (Å²) in [6.45, 7) is 3.19. The second-order valence-corrected chi connectivity index (χ2v) is 8.04. The molecule has 0 bridgehead atoms. The van der Waals surface area contributed by atoms with Crippen LogP contribution in [0.3, 0.4) is 0 Å². The zero-order valence-electron chi connectivity index (χ0n) is 15.0. The third kappa shape index (κ3) is 3.85. The molecule has 2 heterocycles. The monoisotopic (exact) mass is 370 g/mol. The van der Waals surface area contributed by atoms with Crippen LogP contribution in [0.1, 0.15) is 37.3 Å². The largest absolute Gasteiger partial charge is 0.345 e. The lowest BCUT2D eigenvalue weighted by Gasteiger charge is -2.36. The van der Waals surface area contributed by atoms with E-state index in [-0.39, 0.29) is 12.1 Å². The summed E-state index contributed by atoms with van der Waals surface area (Å²) in [5.74, 6) is 0.554. The van der Waals surface area contributed by atoms with E-state index in [1.165, 1.54) is 31.2 Å². The van der Waals surface area contributed by atoms with Crippen molar-refractivity contribution in [3.63, 3.8) is 0 Å². The Balaban J connectivity index is 1.39. The zero-order valence-corrected chi connectivity index (χ0v) is 15.8. The SMILES string of the molecule is O=C(NC(c1ccccc1)C1CCCC1)N1CCN(c2nccs2)CC1. The number of aromatic nitrogens is 1. The molecule has 138 valence electrons. The number of carbonyl (C=O) groups excluding carboxylic acids is 1. The Hall–Kier alpha value is -2.08. The molecule has 2 amide bonds. The summed E-state index contributed by atoms with van der Waals surface area (Å²) < 4.78 is 0. The van der Waals surface area contributed by atoms with Crippen LogP contribution in [0, 0.1) is 5.92 Å². The lowest BCUT2D eigenvalue weighted by atomic mass is 9.92. The first kappa shape index (κ1) is 17.3. The van der Waals surface area contributed by atoms with Crippen LogP contribution in [-0.4, -0.2) is 42.1 Å². The molecule has 0 spiro atoms. The second kappa shape index (κ2) is 8.08. The van der Waals surface area contributed by atoms with Crippen LogP contribution in [-0.2, 0) is 0 Å². The number of rotatable bonds is 4. The second-order valence-electron chi connectivity index (χ2n) is 7.17. The van der Waals surface area contributed by atoms with Crippen LogP contribution in [0.5, 0.6) is 0 Å². The van der Waals surface area contributed by atoms with Crippen LogP contribution in [0.15, 0.2) is 41.9 Å². The van der Waals surface area contributed by atoms with Gasteiger partial charge in [-0.2, -0.15) is 0 Å². The average Bonchev–Trinajstić information content (AvgIpc) is 3.41. The molecular formula is C20H26N4OS. The number of piperazine rings is 1. The van der Waals surface area contributed by atoms with Crippen molar-refractivity contribution in [1.82, 2.24) is 15.2 Å². The lowest BCUT2D eigenvalue weighted by Crippen LogP contribution is -2.52. The Morgan fingerprint density at radius 2 is 1.85 bits per heavy atom. The molecule has 1 aliphatic heterocycles. The van der Waals surface area contributed by atoms with Gasteiger partial charge < -0.3 is 15.1 Å². The summed E-state index contributed by atoms with van der Waals surface area (Å²) in [7, 11) is 0. The minimum absolute atomic E-state index is 0.0736. The lowest BCUT2D eigenvalue weighted by molar-refractivity contribution is 0.185. The van der Waals surface area contributed by atoms with Gasteiger partial charge in [0, 0.05) is 37.8 Å². The highest BCUT2D eigenvalue weighted by molar-refractivity contribution is 7.13. The quantitative estimate of drug-likeness (QED) is 0.888. The Bertz CT molecular complexity index is 692. The molecule has 1 saturated heterocycles. The molecule has 26 heavy (non-hydrogen) atoms. The number of thiazole rings is 1. The molecule has 1 aromatic heterocycles. The van der Waals surface area contributed by atoms with Crippen LogP contribution in [0.4, 0.5) is 9.93 Å². The Kier molecular flexibility index (Phi) is 5.39. The van der Waals surface area contributed by atoms with Gasteiger partial charge in [0.05, 0.1) is 6.04 Å². The number of benzene rings is 1. The maximum Gasteiger partial charge on any atom is 0.318 e. The highest BCUT2D eigenvalue weighted by atomic mass is 32.1. The zero-order chi connectivity index (χ0) is 17.8. The first-order valence-electron chi connectivity index (χ1n) is 9.56. The molecule has 1 aliphatic carbocycles. The Labute approximate surface area is 159 Å². The van der Waals surface area contributed by atoms with Crippen LogP contribution >= 0.6 is 11.3 Å². The number of nitrogens with zero attached hydrogens (tertiary/aromatic N) is 3. The van der Waals surface area contributed by atoms with E-state index in [1.807, 2.05) is 22.5 Å². The average molecular weight is 371 g/mol. The molecule has 1 atom stereocenters. The molecule has 1 saturated carbocycles.